The molecule has 0 bridgehead atoms. The smallest absolute Gasteiger partial charge is 0.224 e. The molecule has 1 aliphatic heterocycles. The van der Waals surface area contributed by atoms with E-state index >= 15 is 0 Å². The predicted octanol–water partition coefficient (Wildman–Crippen LogP) is 7.90. The van der Waals surface area contributed by atoms with E-state index in [1.165, 1.54) is 23.9 Å². The molecule has 1 spiro atoms. The number of aryl methyl sites for hydroxylation is 1. The minimum absolute atomic E-state index is 0.0470. The molecule has 1 amide bonds. The quantitative estimate of drug-likeness (QED) is 0.312. The fraction of sp³-hybridized carbons (Fsp3) is 0.333. The Balaban J connectivity index is 1.52. The van der Waals surface area contributed by atoms with Crippen LogP contribution in [0.4, 0.5) is 10.1 Å². The average molecular weight is 535 g/mol. The third kappa shape index (κ3) is 5.16. The molecule has 7 heteroatoms. The van der Waals surface area contributed by atoms with E-state index < -0.39 is 5.60 Å². The first-order valence-corrected chi connectivity index (χ1v) is 15.1. The van der Waals surface area contributed by atoms with Gasteiger partial charge in [-0.2, -0.15) is 0 Å². The minimum atomic E-state index is -0.432. The van der Waals surface area contributed by atoms with Gasteiger partial charge in [0.1, 0.15) is 22.2 Å². The molecule has 2 aliphatic rings. The Hall–Kier alpha value is -2.77. The molecular weight excluding hydrogens is 503 g/mol. The number of halogens is 1. The SMILES string of the molecule is CSc1cc(C)nc(SC)c1NC(=O)CCC1=C(c2ccc(F)cc2)c2ccccc2OC12CCCC2. The summed E-state index contributed by atoms with van der Waals surface area (Å²) in [6.45, 7) is 1.97. The number of anilines is 1. The van der Waals surface area contributed by atoms with E-state index in [1.54, 1.807) is 11.8 Å². The maximum atomic E-state index is 13.8. The third-order valence-electron chi connectivity index (χ3n) is 7.22. The summed E-state index contributed by atoms with van der Waals surface area (Å²) in [7, 11) is 0. The number of nitrogens with one attached hydrogen (secondary N) is 1. The average Bonchev–Trinajstić information content (AvgIpc) is 3.37. The number of rotatable bonds is 7. The number of para-hydroxylation sites is 1. The summed E-state index contributed by atoms with van der Waals surface area (Å²) in [6, 6.07) is 16.8. The van der Waals surface area contributed by atoms with E-state index in [0.29, 0.717) is 12.8 Å². The molecule has 1 aromatic heterocycles. The lowest BCUT2D eigenvalue weighted by Gasteiger charge is -2.40. The lowest BCUT2D eigenvalue weighted by Crippen LogP contribution is -2.39. The van der Waals surface area contributed by atoms with Crippen molar-refractivity contribution in [2.24, 2.45) is 0 Å². The number of pyridine rings is 1. The number of benzene rings is 2. The van der Waals surface area contributed by atoms with Crippen LogP contribution in [0.5, 0.6) is 5.75 Å². The van der Waals surface area contributed by atoms with Gasteiger partial charge in [-0.05, 0) is 92.5 Å². The van der Waals surface area contributed by atoms with Gasteiger partial charge in [-0.25, -0.2) is 9.37 Å². The van der Waals surface area contributed by atoms with Gasteiger partial charge < -0.3 is 10.1 Å². The second-order valence-corrected chi connectivity index (χ2v) is 11.2. The van der Waals surface area contributed by atoms with Crippen LogP contribution < -0.4 is 10.1 Å². The zero-order chi connectivity index (χ0) is 26.0. The minimum Gasteiger partial charge on any atom is -0.482 e. The van der Waals surface area contributed by atoms with Gasteiger partial charge in [0, 0.05) is 22.6 Å². The van der Waals surface area contributed by atoms with Gasteiger partial charge >= 0.3 is 0 Å². The number of carbonyl (C=O) groups is 1. The molecule has 4 nitrogen and oxygen atoms in total. The summed E-state index contributed by atoms with van der Waals surface area (Å²) < 4.78 is 20.6. The van der Waals surface area contributed by atoms with Crippen LogP contribution in [-0.2, 0) is 4.79 Å². The molecule has 1 fully saturated rings. The monoisotopic (exact) mass is 534 g/mol. The first-order valence-electron chi connectivity index (χ1n) is 12.6. The van der Waals surface area contributed by atoms with Crippen LogP contribution in [0, 0.1) is 12.7 Å². The van der Waals surface area contributed by atoms with Crippen molar-refractivity contribution in [1.82, 2.24) is 4.98 Å². The standard InChI is InChI=1S/C30H31FN2O2S2/c1-19-18-25(36-2)28(29(32-19)37-3)33-26(34)15-14-23-27(20-10-12-21(31)13-11-20)22-8-4-5-9-24(22)35-30(23)16-6-7-17-30/h4-5,8-13,18H,6-7,14-17H2,1-3H3,(H,33,34). The summed E-state index contributed by atoms with van der Waals surface area (Å²) >= 11 is 3.14. The number of fused-ring (bicyclic) bond motifs is 1. The number of hydrogen-bond donors (Lipinski definition) is 1. The molecule has 1 aliphatic carbocycles. The summed E-state index contributed by atoms with van der Waals surface area (Å²) in [5, 5.41) is 3.98. The third-order valence-corrected chi connectivity index (χ3v) is 8.66. The molecule has 1 saturated carbocycles. The van der Waals surface area contributed by atoms with E-state index in [9.17, 15) is 9.18 Å². The molecule has 3 aromatic rings. The van der Waals surface area contributed by atoms with Crippen LogP contribution in [0.25, 0.3) is 5.57 Å². The summed E-state index contributed by atoms with van der Waals surface area (Å²) in [6.07, 6.45) is 8.86. The number of aromatic nitrogens is 1. The van der Waals surface area contributed by atoms with Gasteiger partial charge in [0.2, 0.25) is 5.91 Å². The Labute approximate surface area is 226 Å². The Bertz CT molecular complexity index is 1320. The van der Waals surface area contributed by atoms with Crippen LogP contribution in [-0.4, -0.2) is 29.0 Å². The number of nitrogens with zero attached hydrogens (tertiary/aromatic N) is 1. The number of amides is 1. The topological polar surface area (TPSA) is 51.2 Å². The lowest BCUT2D eigenvalue weighted by atomic mass is 9.78. The van der Waals surface area contributed by atoms with E-state index in [2.05, 4.69) is 16.4 Å². The van der Waals surface area contributed by atoms with Crippen molar-refractivity contribution in [3.8, 4) is 5.75 Å². The molecule has 2 heterocycles. The Morgan fingerprint density at radius 1 is 1.08 bits per heavy atom. The van der Waals surface area contributed by atoms with Crippen molar-refractivity contribution in [3.63, 3.8) is 0 Å². The number of carbonyl (C=O) groups excluding carboxylic acids is 1. The van der Waals surface area contributed by atoms with Gasteiger partial charge in [-0.15, -0.1) is 23.5 Å². The first-order chi connectivity index (χ1) is 17.9. The molecule has 1 N–H and O–H groups in total. The highest BCUT2D eigenvalue weighted by molar-refractivity contribution is 7.99. The van der Waals surface area contributed by atoms with Crippen LogP contribution in [0.15, 0.2) is 70.1 Å². The van der Waals surface area contributed by atoms with E-state index in [0.717, 1.165) is 75.0 Å². The molecule has 2 aromatic carbocycles. The molecule has 0 saturated heterocycles. The molecule has 192 valence electrons. The van der Waals surface area contributed by atoms with Gasteiger partial charge in [0.05, 0.1) is 5.69 Å². The van der Waals surface area contributed by atoms with E-state index in [1.807, 2.05) is 55.8 Å². The second-order valence-electron chi connectivity index (χ2n) is 9.56. The van der Waals surface area contributed by atoms with Crippen molar-refractivity contribution < 1.29 is 13.9 Å². The zero-order valence-corrected chi connectivity index (χ0v) is 23.0. The number of hydrogen-bond acceptors (Lipinski definition) is 5. The van der Waals surface area contributed by atoms with Gasteiger partial charge in [0.15, 0.2) is 0 Å². The fourth-order valence-corrected chi connectivity index (χ4v) is 6.86. The highest BCUT2D eigenvalue weighted by Crippen LogP contribution is 2.51. The lowest BCUT2D eigenvalue weighted by molar-refractivity contribution is -0.116. The molecule has 37 heavy (non-hydrogen) atoms. The summed E-state index contributed by atoms with van der Waals surface area (Å²) in [5.74, 6) is 0.549. The number of ether oxygens (including phenoxy) is 1. The zero-order valence-electron chi connectivity index (χ0n) is 21.4. The van der Waals surface area contributed by atoms with Crippen molar-refractivity contribution >= 4 is 40.7 Å². The van der Waals surface area contributed by atoms with Crippen LogP contribution >= 0.6 is 23.5 Å². The normalized spacial score (nSPS) is 16.0. The molecule has 0 atom stereocenters. The van der Waals surface area contributed by atoms with E-state index in [-0.39, 0.29) is 11.7 Å². The summed E-state index contributed by atoms with van der Waals surface area (Å²) in [5.41, 5.74) is 5.45. The highest BCUT2D eigenvalue weighted by Gasteiger charge is 2.44. The maximum Gasteiger partial charge on any atom is 0.224 e. The Kier molecular flexibility index (Phi) is 7.63. The first kappa shape index (κ1) is 25.9. The Morgan fingerprint density at radius 2 is 1.81 bits per heavy atom. The highest BCUT2D eigenvalue weighted by atomic mass is 32.2. The fourth-order valence-electron chi connectivity index (χ4n) is 5.55. The number of thioether (sulfide) groups is 2. The van der Waals surface area contributed by atoms with Crippen LogP contribution in [0.3, 0.4) is 0 Å². The predicted molar refractivity (Wildman–Crippen MR) is 151 cm³/mol. The van der Waals surface area contributed by atoms with Crippen molar-refractivity contribution in [1.29, 1.82) is 0 Å². The van der Waals surface area contributed by atoms with Gasteiger partial charge in [0.25, 0.3) is 0 Å². The van der Waals surface area contributed by atoms with Crippen molar-refractivity contribution in [3.05, 3.63) is 82.8 Å². The largest absolute Gasteiger partial charge is 0.482 e. The van der Waals surface area contributed by atoms with E-state index in [4.69, 9.17) is 4.74 Å². The van der Waals surface area contributed by atoms with Crippen molar-refractivity contribution in [2.45, 2.75) is 61.0 Å². The molecular formula is C30H31FN2O2S2. The Morgan fingerprint density at radius 3 is 2.51 bits per heavy atom. The molecule has 5 rings (SSSR count). The van der Waals surface area contributed by atoms with Gasteiger partial charge in [-0.3, -0.25) is 4.79 Å². The van der Waals surface area contributed by atoms with Crippen LogP contribution in [0.1, 0.15) is 55.3 Å². The van der Waals surface area contributed by atoms with Crippen LogP contribution in [0.2, 0.25) is 0 Å². The van der Waals surface area contributed by atoms with Crippen molar-refractivity contribution in [2.75, 3.05) is 17.8 Å². The maximum absolute atomic E-state index is 13.8. The molecule has 0 unspecified atom stereocenters. The van der Waals surface area contributed by atoms with Gasteiger partial charge in [-0.1, -0.05) is 30.3 Å². The summed E-state index contributed by atoms with van der Waals surface area (Å²) in [4.78, 5) is 19.0. The second kappa shape index (κ2) is 10.9. The molecule has 0 radical (unpaired) electrons.